The van der Waals surface area contributed by atoms with Crippen molar-refractivity contribution in [2.75, 3.05) is 0 Å². The summed E-state index contributed by atoms with van der Waals surface area (Å²) in [5, 5.41) is 24.2. The van der Waals surface area contributed by atoms with Gasteiger partial charge in [-0.25, -0.2) is 0 Å². The van der Waals surface area contributed by atoms with Crippen LogP contribution in [0.15, 0.2) is 0 Å². The average Bonchev–Trinajstić information content (AvgIpc) is 1.54. The van der Waals surface area contributed by atoms with Crippen molar-refractivity contribution in [3.63, 3.8) is 0 Å². The first-order chi connectivity index (χ1) is 5.20. The third-order valence-corrected chi connectivity index (χ3v) is 0. The Labute approximate surface area is 115 Å². The monoisotopic (exact) mass is 325 g/mol. The van der Waals surface area contributed by atoms with Gasteiger partial charge in [-0.2, -0.15) is 0 Å². The quantitative estimate of drug-likeness (QED) is 0.626. The standard InChI is InChI=1S/3C3H8O.Pm/c3*1-3(2)4;/h3*3-4H,1-2H3;. The Bertz CT molecular complexity index is 43.4. The number of aliphatic hydroxyl groups is 3. The summed E-state index contributed by atoms with van der Waals surface area (Å²) in [5.41, 5.74) is 0. The topological polar surface area (TPSA) is 60.7 Å². The van der Waals surface area contributed by atoms with Crippen LogP contribution >= 0.6 is 0 Å². The minimum Gasteiger partial charge on any atom is -0.394 e. The van der Waals surface area contributed by atoms with Gasteiger partial charge in [-0.1, -0.05) is 0 Å². The molecular formula is C9H24O3Pm. The van der Waals surface area contributed by atoms with Crippen LogP contribution in [0.4, 0.5) is 0 Å². The predicted octanol–water partition coefficient (Wildman–Crippen LogP) is 1.16. The van der Waals surface area contributed by atoms with Crippen molar-refractivity contribution in [1.82, 2.24) is 0 Å². The molecule has 0 saturated heterocycles. The van der Waals surface area contributed by atoms with Gasteiger partial charge in [0.25, 0.3) is 0 Å². The van der Waals surface area contributed by atoms with Crippen LogP contribution in [-0.2, 0) is 0 Å². The van der Waals surface area contributed by atoms with Crippen LogP contribution in [0, 0.1) is 40.4 Å². The van der Waals surface area contributed by atoms with Gasteiger partial charge in [-0.15, -0.1) is 0 Å². The molecule has 0 heterocycles. The van der Waals surface area contributed by atoms with E-state index in [9.17, 15) is 0 Å². The van der Waals surface area contributed by atoms with Gasteiger partial charge in [0.05, 0.1) is 0 Å². The molecule has 0 saturated carbocycles. The molecule has 4 heteroatoms. The molecule has 3 nitrogen and oxygen atoms in total. The minimum atomic E-state index is -0.167. The molecule has 0 spiro atoms. The summed E-state index contributed by atoms with van der Waals surface area (Å²) >= 11 is 0. The maximum atomic E-state index is 8.06. The third kappa shape index (κ3) is 1120. The molecule has 0 atom stereocenters. The van der Waals surface area contributed by atoms with E-state index in [0.29, 0.717) is 0 Å². The van der Waals surface area contributed by atoms with E-state index in [1.807, 2.05) is 0 Å². The van der Waals surface area contributed by atoms with Gasteiger partial charge in [-0.3, -0.25) is 0 Å². The van der Waals surface area contributed by atoms with E-state index in [2.05, 4.69) is 0 Å². The Morgan fingerprint density at radius 1 is 0.538 bits per heavy atom. The van der Waals surface area contributed by atoms with E-state index in [4.69, 9.17) is 15.3 Å². The zero-order valence-electron chi connectivity index (χ0n) is 9.52. The zero-order valence-corrected chi connectivity index (χ0v) is 12.4. The second kappa shape index (κ2) is 18.9. The van der Waals surface area contributed by atoms with Crippen molar-refractivity contribution < 1.29 is 55.7 Å². The zero-order chi connectivity index (χ0) is 10.7. The summed E-state index contributed by atoms with van der Waals surface area (Å²) in [4.78, 5) is 0. The molecule has 0 bridgehead atoms. The summed E-state index contributed by atoms with van der Waals surface area (Å²) in [6.07, 6.45) is -0.500. The van der Waals surface area contributed by atoms with Gasteiger partial charge in [0.1, 0.15) is 0 Å². The molecule has 0 aromatic carbocycles. The van der Waals surface area contributed by atoms with Gasteiger partial charge in [0.15, 0.2) is 0 Å². The molecule has 0 aromatic heterocycles. The van der Waals surface area contributed by atoms with E-state index in [1.165, 1.54) is 0 Å². The van der Waals surface area contributed by atoms with Gasteiger partial charge >= 0.3 is 0 Å². The molecule has 0 unspecified atom stereocenters. The second-order valence-corrected chi connectivity index (χ2v) is 3.28. The third-order valence-electron chi connectivity index (χ3n) is 0. The van der Waals surface area contributed by atoms with Crippen LogP contribution in [0.3, 0.4) is 0 Å². The normalized spacial score (nSPS) is 8.31. The van der Waals surface area contributed by atoms with Crippen LogP contribution in [0.25, 0.3) is 0 Å². The second-order valence-electron chi connectivity index (χ2n) is 3.28. The van der Waals surface area contributed by atoms with Crippen LogP contribution < -0.4 is 0 Å². The Kier molecular flexibility index (Phi) is 34.6. The molecule has 0 aliphatic rings. The van der Waals surface area contributed by atoms with Crippen LogP contribution in [0.5, 0.6) is 0 Å². The molecule has 0 rings (SSSR count). The molecule has 0 aliphatic carbocycles. The molecule has 3 N–H and O–H groups in total. The number of hydrogen-bond donors (Lipinski definition) is 3. The first-order valence-electron chi connectivity index (χ1n) is 4.24. The van der Waals surface area contributed by atoms with E-state index < -0.39 is 0 Å². The Balaban J connectivity index is -0.0000000450. The summed E-state index contributed by atoms with van der Waals surface area (Å²) in [7, 11) is 0. The first kappa shape index (κ1) is 23.8. The fourth-order valence-electron chi connectivity index (χ4n) is 0. The van der Waals surface area contributed by atoms with Crippen molar-refractivity contribution in [3.05, 3.63) is 0 Å². The molecule has 0 aromatic rings. The first-order valence-corrected chi connectivity index (χ1v) is 4.24. The van der Waals surface area contributed by atoms with Crippen LogP contribution in [0.1, 0.15) is 41.5 Å². The van der Waals surface area contributed by atoms with Crippen molar-refractivity contribution in [3.8, 4) is 0 Å². The van der Waals surface area contributed by atoms with E-state index in [1.54, 1.807) is 41.5 Å². The predicted molar refractivity (Wildman–Crippen MR) is 52.1 cm³/mol. The van der Waals surface area contributed by atoms with Gasteiger partial charge in [0.2, 0.25) is 0 Å². The molecule has 0 amide bonds. The fourth-order valence-corrected chi connectivity index (χ4v) is 0. The fraction of sp³-hybridized carbons (Fsp3) is 1.00. The maximum absolute atomic E-state index is 8.06. The largest absolute Gasteiger partial charge is 0.394 e. The van der Waals surface area contributed by atoms with E-state index in [0.717, 1.165) is 0 Å². The van der Waals surface area contributed by atoms with Crippen molar-refractivity contribution in [1.29, 1.82) is 0 Å². The Hall–Kier alpha value is 1.22. The molecule has 83 valence electrons. The number of rotatable bonds is 0. The summed E-state index contributed by atoms with van der Waals surface area (Å²) in [6, 6.07) is 0. The number of aliphatic hydroxyl groups excluding tert-OH is 3. The molecule has 0 fully saturated rings. The van der Waals surface area contributed by atoms with Gasteiger partial charge in [0, 0.05) is 58.7 Å². The van der Waals surface area contributed by atoms with Crippen molar-refractivity contribution in [2.24, 2.45) is 0 Å². The average molecular weight is 325 g/mol. The maximum Gasteiger partial charge on any atom is 0.0483 e. The van der Waals surface area contributed by atoms with Crippen LogP contribution in [0.2, 0.25) is 0 Å². The van der Waals surface area contributed by atoms with E-state index in [-0.39, 0.29) is 58.7 Å². The Morgan fingerprint density at radius 2 is 0.538 bits per heavy atom. The van der Waals surface area contributed by atoms with Crippen LogP contribution in [-0.4, -0.2) is 33.6 Å². The summed E-state index contributed by atoms with van der Waals surface area (Å²) in [5.74, 6) is 0. The van der Waals surface area contributed by atoms with Crippen molar-refractivity contribution in [2.45, 2.75) is 59.9 Å². The summed E-state index contributed by atoms with van der Waals surface area (Å²) < 4.78 is 0. The molecule has 1 radical (unpaired) electrons. The van der Waals surface area contributed by atoms with Crippen molar-refractivity contribution >= 4 is 0 Å². The molecule has 0 aliphatic heterocycles. The molecule has 13 heavy (non-hydrogen) atoms. The summed E-state index contributed by atoms with van der Waals surface area (Å²) in [6.45, 7) is 10.3. The van der Waals surface area contributed by atoms with E-state index >= 15 is 0 Å². The smallest absolute Gasteiger partial charge is 0.0483 e. The minimum absolute atomic E-state index is 0. The molecular weight excluding hydrogens is 301 g/mol. The Morgan fingerprint density at radius 3 is 0.538 bits per heavy atom. The SMILES string of the molecule is CC(C)O.CC(C)O.CC(C)O.[Pm]. The number of hydrogen-bond acceptors (Lipinski definition) is 3. The van der Waals surface area contributed by atoms with Gasteiger partial charge < -0.3 is 15.3 Å². The van der Waals surface area contributed by atoms with Gasteiger partial charge in [-0.05, 0) is 41.5 Å².